The first-order chi connectivity index (χ1) is 4.43. The molecular formula is C6H10O3. The summed E-state index contributed by atoms with van der Waals surface area (Å²) in [5, 5.41) is 0. The highest BCUT2D eigenvalue weighted by Gasteiger charge is 2.09. The Morgan fingerprint density at radius 3 is 3.00 bits per heavy atom. The molecule has 0 aromatic heterocycles. The minimum Gasteiger partial charge on any atom is -0.436 e. The molecule has 3 heteroatoms. The van der Waals surface area contributed by atoms with Crippen LogP contribution in [-0.2, 0) is 14.2 Å². The van der Waals surface area contributed by atoms with Gasteiger partial charge in [-0.05, 0) is 6.42 Å². The zero-order valence-corrected chi connectivity index (χ0v) is 5.42. The summed E-state index contributed by atoms with van der Waals surface area (Å²) in [6, 6.07) is 0. The van der Waals surface area contributed by atoms with Gasteiger partial charge in [-0.2, -0.15) is 0 Å². The molecule has 0 saturated heterocycles. The van der Waals surface area contributed by atoms with Crippen molar-refractivity contribution in [3.8, 4) is 0 Å². The second kappa shape index (κ2) is 3.35. The number of hydrogen-bond acceptors (Lipinski definition) is 3. The van der Waals surface area contributed by atoms with E-state index in [0.717, 1.165) is 13.0 Å². The van der Waals surface area contributed by atoms with E-state index >= 15 is 0 Å². The summed E-state index contributed by atoms with van der Waals surface area (Å²) in [6.07, 6.45) is 2.55. The lowest BCUT2D eigenvalue weighted by Crippen LogP contribution is -1.97. The molecule has 1 rings (SSSR count). The van der Waals surface area contributed by atoms with E-state index in [1.807, 2.05) is 6.92 Å². The van der Waals surface area contributed by atoms with Gasteiger partial charge in [-0.25, -0.2) is 0 Å². The average molecular weight is 130 g/mol. The summed E-state index contributed by atoms with van der Waals surface area (Å²) >= 11 is 0. The lowest BCUT2D eigenvalue weighted by molar-refractivity contribution is -0.0360. The Balaban J connectivity index is 1.76. The van der Waals surface area contributed by atoms with E-state index in [0.29, 0.717) is 12.7 Å². The molecule has 0 unspecified atom stereocenters. The Hall–Kier alpha value is -0.700. The molecule has 9 heavy (non-hydrogen) atoms. The fourth-order valence-electron chi connectivity index (χ4n) is 0.395. The molecule has 0 N–H and O–H groups in total. The maximum Gasteiger partial charge on any atom is 0.323 e. The molecule has 52 valence electrons. The molecule has 1 aliphatic rings. The normalized spacial score (nSPS) is 14.1. The molecule has 0 aromatic rings. The van der Waals surface area contributed by atoms with Gasteiger partial charge >= 0.3 is 5.95 Å². The van der Waals surface area contributed by atoms with Crippen molar-refractivity contribution in [1.29, 1.82) is 0 Å². The van der Waals surface area contributed by atoms with E-state index in [9.17, 15) is 0 Å². The van der Waals surface area contributed by atoms with Crippen LogP contribution in [0.1, 0.15) is 13.3 Å². The molecule has 0 fully saturated rings. The summed E-state index contributed by atoms with van der Waals surface area (Å²) in [5.74, 6) is 0.575. The first kappa shape index (κ1) is 6.42. The summed E-state index contributed by atoms with van der Waals surface area (Å²) in [7, 11) is 0. The fourth-order valence-corrected chi connectivity index (χ4v) is 0.395. The summed E-state index contributed by atoms with van der Waals surface area (Å²) < 4.78 is 14.4. The van der Waals surface area contributed by atoms with Gasteiger partial charge in [0.15, 0.2) is 13.1 Å². The van der Waals surface area contributed by atoms with Gasteiger partial charge in [-0.3, -0.25) is 0 Å². The van der Waals surface area contributed by atoms with Crippen LogP contribution >= 0.6 is 0 Å². The molecule has 0 bridgehead atoms. The SMILES string of the molecule is CCCOCOC1=CO1. The molecule has 0 radical (unpaired) electrons. The fraction of sp³-hybridized carbons (Fsp3) is 0.667. The van der Waals surface area contributed by atoms with Crippen LogP contribution in [0.2, 0.25) is 0 Å². The second-order valence-electron chi connectivity index (χ2n) is 1.73. The molecule has 1 aliphatic heterocycles. The third-order valence-corrected chi connectivity index (χ3v) is 0.847. The number of rotatable bonds is 5. The molecule has 0 amide bonds. The summed E-state index contributed by atoms with van der Waals surface area (Å²) in [6.45, 7) is 3.10. The highest BCUT2D eigenvalue weighted by molar-refractivity contribution is 4.91. The van der Waals surface area contributed by atoms with E-state index in [4.69, 9.17) is 9.47 Å². The van der Waals surface area contributed by atoms with Gasteiger partial charge in [0.05, 0.1) is 6.61 Å². The molecular weight excluding hydrogens is 120 g/mol. The predicted octanol–water partition coefficient (Wildman–Crippen LogP) is 1.22. The molecule has 3 nitrogen and oxygen atoms in total. The summed E-state index contributed by atoms with van der Waals surface area (Å²) in [5.41, 5.74) is 0. The average Bonchev–Trinajstić information content (AvgIpc) is 2.63. The van der Waals surface area contributed by atoms with Crippen molar-refractivity contribution in [3.05, 3.63) is 12.2 Å². The monoisotopic (exact) mass is 130 g/mol. The van der Waals surface area contributed by atoms with Gasteiger partial charge in [0, 0.05) is 0 Å². The lowest BCUT2D eigenvalue weighted by atomic mass is 10.5. The molecule has 1 heterocycles. The van der Waals surface area contributed by atoms with Crippen LogP contribution < -0.4 is 0 Å². The van der Waals surface area contributed by atoms with E-state index in [-0.39, 0.29) is 0 Å². The third-order valence-electron chi connectivity index (χ3n) is 0.847. The van der Waals surface area contributed by atoms with Crippen molar-refractivity contribution in [2.45, 2.75) is 13.3 Å². The van der Waals surface area contributed by atoms with Gasteiger partial charge < -0.3 is 14.2 Å². The maximum atomic E-state index is 4.99. The van der Waals surface area contributed by atoms with E-state index in [1.54, 1.807) is 0 Å². The molecule has 0 atom stereocenters. The number of ether oxygens (including phenoxy) is 3. The van der Waals surface area contributed by atoms with Crippen molar-refractivity contribution < 1.29 is 14.2 Å². The van der Waals surface area contributed by atoms with Crippen molar-refractivity contribution >= 4 is 0 Å². The van der Waals surface area contributed by atoms with Crippen molar-refractivity contribution in [2.24, 2.45) is 0 Å². The Morgan fingerprint density at radius 2 is 2.44 bits per heavy atom. The standard InChI is InChI=1S/C6H10O3/c1-2-3-7-5-9-6-4-8-6/h4H,2-3,5H2,1H3. The minimum absolute atomic E-state index is 0.305. The van der Waals surface area contributed by atoms with Crippen LogP contribution in [0.15, 0.2) is 12.2 Å². The largest absolute Gasteiger partial charge is 0.436 e. The second-order valence-corrected chi connectivity index (χ2v) is 1.73. The quantitative estimate of drug-likeness (QED) is 0.414. The van der Waals surface area contributed by atoms with Crippen LogP contribution in [0.4, 0.5) is 0 Å². The van der Waals surface area contributed by atoms with Crippen LogP contribution in [0.3, 0.4) is 0 Å². The zero-order valence-electron chi connectivity index (χ0n) is 5.42. The van der Waals surface area contributed by atoms with Gasteiger partial charge in [0.1, 0.15) is 0 Å². The molecule has 0 saturated carbocycles. The minimum atomic E-state index is 0.305. The van der Waals surface area contributed by atoms with E-state index in [1.165, 1.54) is 6.26 Å². The van der Waals surface area contributed by atoms with E-state index in [2.05, 4.69) is 4.74 Å². The first-order valence-corrected chi connectivity index (χ1v) is 3.01. The van der Waals surface area contributed by atoms with Crippen LogP contribution in [0.25, 0.3) is 0 Å². The van der Waals surface area contributed by atoms with Gasteiger partial charge in [0.2, 0.25) is 0 Å². The first-order valence-electron chi connectivity index (χ1n) is 3.01. The van der Waals surface area contributed by atoms with Crippen molar-refractivity contribution in [1.82, 2.24) is 0 Å². The Kier molecular flexibility index (Phi) is 2.39. The highest BCUT2D eigenvalue weighted by Crippen LogP contribution is 2.13. The van der Waals surface area contributed by atoms with Crippen LogP contribution in [0, 0.1) is 0 Å². The highest BCUT2D eigenvalue weighted by atomic mass is 16.8. The van der Waals surface area contributed by atoms with Crippen molar-refractivity contribution in [3.63, 3.8) is 0 Å². The number of hydrogen-bond donors (Lipinski definition) is 0. The third kappa shape index (κ3) is 2.98. The Morgan fingerprint density at radius 1 is 1.67 bits per heavy atom. The Bertz CT molecular complexity index is 109. The van der Waals surface area contributed by atoms with Gasteiger partial charge in [0.25, 0.3) is 0 Å². The lowest BCUT2D eigenvalue weighted by Gasteiger charge is -1.98. The van der Waals surface area contributed by atoms with Crippen LogP contribution in [0.5, 0.6) is 0 Å². The predicted molar refractivity (Wildman–Crippen MR) is 31.4 cm³/mol. The molecule has 0 spiro atoms. The van der Waals surface area contributed by atoms with Crippen molar-refractivity contribution in [2.75, 3.05) is 13.4 Å². The topological polar surface area (TPSA) is 31.0 Å². The van der Waals surface area contributed by atoms with Gasteiger partial charge in [-0.15, -0.1) is 0 Å². The zero-order chi connectivity index (χ0) is 6.53. The maximum absolute atomic E-state index is 4.99. The van der Waals surface area contributed by atoms with Crippen LogP contribution in [-0.4, -0.2) is 13.4 Å². The van der Waals surface area contributed by atoms with Gasteiger partial charge in [-0.1, -0.05) is 6.92 Å². The molecule has 0 aromatic carbocycles. The molecule has 0 aliphatic carbocycles. The smallest absolute Gasteiger partial charge is 0.323 e. The van der Waals surface area contributed by atoms with E-state index < -0.39 is 0 Å². The summed E-state index contributed by atoms with van der Waals surface area (Å²) in [4.78, 5) is 0. The Labute approximate surface area is 54.2 Å².